The number of aryl methyl sites for hydroxylation is 1. The summed E-state index contributed by atoms with van der Waals surface area (Å²) in [6.45, 7) is 4.27. The van der Waals surface area contributed by atoms with Gasteiger partial charge in [0.1, 0.15) is 5.82 Å². The predicted molar refractivity (Wildman–Crippen MR) is 47.1 cm³/mol. The zero-order valence-electron chi connectivity index (χ0n) is 6.89. The fourth-order valence-corrected chi connectivity index (χ4v) is 1.07. The Balaban J connectivity index is 2.66. The maximum absolute atomic E-state index is 5.56. The smallest absolute Gasteiger partial charge is 0.107 e. The van der Waals surface area contributed by atoms with Gasteiger partial charge in [-0.05, 0) is 5.92 Å². The molecule has 1 N–H and O–H groups in total. The van der Waals surface area contributed by atoms with E-state index in [9.17, 15) is 0 Å². The minimum Gasteiger partial charge on any atom is -0.346 e. The molecule has 0 aliphatic rings. The van der Waals surface area contributed by atoms with Crippen LogP contribution in [-0.2, 0) is 6.42 Å². The van der Waals surface area contributed by atoms with Crippen LogP contribution < -0.4 is 0 Å². The van der Waals surface area contributed by atoms with E-state index in [2.05, 4.69) is 23.8 Å². The molecule has 62 valence electrons. The molecule has 1 rings (SSSR count). The predicted octanol–water partition coefficient (Wildman–Crippen LogP) is 2.31. The molecule has 1 heterocycles. The second-order valence-electron chi connectivity index (χ2n) is 2.88. The molecule has 0 amide bonds. The minimum atomic E-state index is 0.520. The van der Waals surface area contributed by atoms with Gasteiger partial charge in [-0.1, -0.05) is 13.8 Å². The Labute approximate surface area is 72.0 Å². The lowest BCUT2D eigenvalue weighted by atomic mass is 10.2. The molecular weight excluding hydrogens is 160 g/mol. The number of hydrogen-bond acceptors (Lipinski definition) is 1. The van der Waals surface area contributed by atoms with Crippen LogP contribution in [0.3, 0.4) is 0 Å². The van der Waals surface area contributed by atoms with Crippen molar-refractivity contribution in [2.75, 3.05) is 5.88 Å². The summed E-state index contributed by atoms with van der Waals surface area (Å²) in [5.74, 6) is 2.14. The first kappa shape index (κ1) is 8.60. The molecule has 0 bridgehead atoms. The average molecular weight is 173 g/mol. The van der Waals surface area contributed by atoms with Crippen molar-refractivity contribution >= 4 is 11.6 Å². The van der Waals surface area contributed by atoms with Crippen LogP contribution >= 0.6 is 11.6 Å². The number of halogens is 1. The third-order valence-electron chi connectivity index (χ3n) is 1.60. The van der Waals surface area contributed by atoms with Gasteiger partial charge in [0.25, 0.3) is 0 Å². The van der Waals surface area contributed by atoms with Gasteiger partial charge < -0.3 is 4.98 Å². The second-order valence-corrected chi connectivity index (χ2v) is 3.26. The van der Waals surface area contributed by atoms with Gasteiger partial charge in [0.15, 0.2) is 0 Å². The van der Waals surface area contributed by atoms with E-state index in [1.165, 1.54) is 5.69 Å². The summed E-state index contributed by atoms with van der Waals surface area (Å²) in [7, 11) is 0. The summed E-state index contributed by atoms with van der Waals surface area (Å²) < 4.78 is 0. The summed E-state index contributed by atoms with van der Waals surface area (Å²) in [6.07, 6.45) is 2.71. The molecular formula is C8H13ClN2. The summed E-state index contributed by atoms with van der Waals surface area (Å²) in [4.78, 5) is 7.41. The second kappa shape index (κ2) is 3.77. The Hall–Kier alpha value is -0.500. The summed E-state index contributed by atoms with van der Waals surface area (Å²) in [5.41, 5.74) is 1.19. The molecule has 0 aliphatic heterocycles. The van der Waals surface area contributed by atoms with Crippen molar-refractivity contribution in [3.63, 3.8) is 0 Å². The zero-order valence-corrected chi connectivity index (χ0v) is 7.65. The molecule has 0 radical (unpaired) electrons. The molecule has 3 heteroatoms. The van der Waals surface area contributed by atoms with Gasteiger partial charge in [-0.15, -0.1) is 11.6 Å². The number of hydrogen-bond donors (Lipinski definition) is 1. The van der Waals surface area contributed by atoms with Crippen molar-refractivity contribution in [1.29, 1.82) is 0 Å². The highest BCUT2D eigenvalue weighted by atomic mass is 35.5. The number of rotatable bonds is 3. The molecule has 11 heavy (non-hydrogen) atoms. The molecule has 2 nitrogen and oxygen atoms in total. The van der Waals surface area contributed by atoms with Gasteiger partial charge in [-0.2, -0.15) is 0 Å². The van der Waals surface area contributed by atoms with E-state index in [-0.39, 0.29) is 0 Å². The fourth-order valence-electron chi connectivity index (χ4n) is 0.889. The van der Waals surface area contributed by atoms with Crippen LogP contribution in [0.4, 0.5) is 0 Å². The zero-order chi connectivity index (χ0) is 8.27. The fraction of sp³-hybridized carbons (Fsp3) is 0.625. The van der Waals surface area contributed by atoms with Gasteiger partial charge in [0.2, 0.25) is 0 Å². The lowest BCUT2D eigenvalue weighted by Crippen LogP contribution is -1.90. The Morgan fingerprint density at radius 2 is 2.36 bits per heavy atom. The summed E-state index contributed by atoms with van der Waals surface area (Å²) in [6, 6.07) is 0. The molecule has 0 saturated carbocycles. The van der Waals surface area contributed by atoms with Crippen molar-refractivity contribution in [2.24, 2.45) is 0 Å². The van der Waals surface area contributed by atoms with Gasteiger partial charge in [0.05, 0.1) is 0 Å². The van der Waals surface area contributed by atoms with Crippen molar-refractivity contribution in [3.05, 3.63) is 17.7 Å². The SMILES string of the molecule is CC(C)c1cnc(CCCl)[nH]1. The van der Waals surface area contributed by atoms with Crippen LogP contribution in [0, 0.1) is 0 Å². The third kappa shape index (κ3) is 2.22. The Morgan fingerprint density at radius 1 is 1.64 bits per heavy atom. The number of alkyl halides is 1. The molecule has 0 spiro atoms. The van der Waals surface area contributed by atoms with E-state index in [0.29, 0.717) is 11.8 Å². The van der Waals surface area contributed by atoms with E-state index in [4.69, 9.17) is 11.6 Å². The van der Waals surface area contributed by atoms with Crippen molar-refractivity contribution < 1.29 is 0 Å². The van der Waals surface area contributed by atoms with Crippen molar-refractivity contribution in [2.45, 2.75) is 26.2 Å². The van der Waals surface area contributed by atoms with Crippen LogP contribution in [0.1, 0.15) is 31.3 Å². The number of aromatic nitrogens is 2. The van der Waals surface area contributed by atoms with Gasteiger partial charge >= 0.3 is 0 Å². The highest BCUT2D eigenvalue weighted by Crippen LogP contribution is 2.10. The number of nitrogens with zero attached hydrogens (tertiary/aromatic N) is 1. The van der Waals surface area contributed by atoms with Crippen LogP contribution in [0.2, 0.25) is 0 Å². The van der Waals surface area contributed by atoms with E-state index >= 15 is 0 Å². The molecule has 1 aromatic heterocycles. The van der Waals surface area contributed by atoms with Crippen LogP contribution in [0.5, 0.6) is 0 Å². The van der Waals surface area contributed by atoms with Crippen molar-refractivity contribution in [3.8, 4) is 0 Å². The minimum absolute atomic E-state index is 0.520. The lowest BCUT2D eigenvalue weighted by Gasteiger charge is -1.97. The maximum atomic E-state index is 5.56. The van der Waals surface area contributed by atoms with E-state index in [0.717, 1.165) is 12.2 Å². The normalized spacial score (nSPS) is 10.9. The molecule has 0 aliphatic carbocycles. The number of imidazole rings is 1. The Bertz CT molecular complexity index is 218. The van der Waals surface area contributed by atoms with Crippen LogP contribution in [-0.4, -0.2) is 15.8 Å². The van der Waals surface area contributed by atoms with E-state index < -0.39 is 0 Å². The van der Waals surface area contributed by atoms with E-state index in [1.807, 2.05) is 6.20 Å². The number of H-pyrrole nitrogens is 1. The van der Waals surface area contributed by atoms with Crippen LogP contribution in [0.15, 0.2) is 6.20 Å². The maximum Gasteiger partial charge on any atom is 0.107 e. The standard InChI is InChI=1S/C8H13ClN2/c1-6(2)7-5-10-8(11-7)3-4-9/h5-6H,3-4H2,1-2H3,(H,10,11). The number of nitrogens with one attached hydrogen (secondary N) is 1. The lowest BCUT2D eigenvalue weighted by molar-refractivity contribution is 0.823. The van der Waals surface area contributed by atoms with E-state index in [1.54, 1.807) is 0 Å². The first-order valence-corrected chi connectivity index (χ1v) is 4.37. The first-order chi connectivity index (χ1) is 5.24. The van der Waals surface area contributed by atoms with Gasteiger partial charge in [-0.3, -0.25) is 0 Å². The van der Waals surface area contributed by atoms with Crippen LogP contribution in [0.25, 0.3) is 0 Å². The molecule has 0 aromatic carbocycles. The molecule has 1 aromatic rings. The Morgan fingerprint density at radius 3 is 2.82 bits per heavy atom. The topological polar surface area (TPSA) is 28.7 Å². The highest BCUT2D eigenvalue weighted by Gasteiger charge is 2.02. The summed E-state index contributed by atoms with van der Waals surface area (Å²) in [5, 5.41) is 0. The average Bonchev–Trinajstić information content (AvgIpc) is 2.37. The third-order valence-corrected chi connectivity index (χ3v) is 1.79. The summed E-state index contributed by atoms with van der Waals surface area (Å²) >= 11 is 5.56. The van der Waals surface area contributed by atoms with Gasteiger partial charge in [-0.25, -0.2) is 4.98 Å². The Kier molecular flexibility index (Phi) is 2.94. The van der Waals surface area contributed by atoms with Gasteiger partial charge in [0, 0.05) is 24.2 Å². The number of aromatic amines is 1. The largest absolute Gasteiger partial charge is 0.346 e. The van der Waals surface area contributed by atoms with Crippen molar-refractivity contribution in [1.82, 2.24) is 9.97 Å². The molecule has 0 saturated heterocycles. The quantitative estimate of drug-likeness (QED) is 0.697. The highest BCUT2D eigenvalue weighted by molar-refractivity contribution is 6.17. The molecule has 0 atom stereocenters. The molecule has 0 unspecified atom stereocenters. The monoisotopic (exact) mass is 172 g/mol. The molecule has 0 fully saturated rings. The first-order valence-electron chi connectivity index (χ1n) is 3.83.